The highest BCUT2D eigenvalue weighted by molar-refractivity contribution is 5.82. The van der Waals surface area contributed by atoms with Crippen molar-refractivity contribution in [2.75, 3.05) is 39.8 Å². The van der Waals surface area contributed by atoms with E-state index in [2.05, 4.69) is 4.90 Å². The highest BCUT2D eigenvalue weighted by atomic mass is 16.5. The predicted molar refractivity (Wildman–Crippen MR) is 84.1 cm³/mol. The molecule has 1 aliphatic rings. The summed E-state index contributed by atoms with van der Waals surface area (Å²) in [7, 11) is 1.60. The van der Waals surface area contributed by atoms with Crippen molar-refractivity contribution in [1.82, 2.24) is 9.80 Å². The first-order valence-electron chi connectivity index (χ1n) is 7.85. The Morgan fingerprint density at radius 3 is 2.52 bits per heavy atom. The molecule has 0 radical (unpaired) electrons. The molecule has 1 heterocycles. The van der Waals surface area contributed by atoms with E-state index in [1.807, 2.05) is 42.2 Å². The zero-order valence-electron chi connectivity index (χ0n) is 13.1. The predicted octanol–water partition coefficient (Wildman–Crippen LogP) is 2.32. The maximum atomic E-state index is 12.7. The van der Waals surface area contributed by atoms with E-state index >= 15 is 0 Å². The second-order valence-corrected chi connectivity index (χ2v) is 5.49. The van der Waals surface area contributed by atoms with Crippen LogP contribution in [0.2, 0.25) is 0 Å². The van der Waals surface area contributed by atoms with Gasteiger partial charge in [-0.2, -0.15) is 0 Å². The van der Waals surface area contributed by atoms with E-state index in [4.69, 9.17) is 4.74 Å². The van der Waals surface area contributed by atoms with Gasteiger partial charge in [0, 0.05) is 26.7 Å². The largest absolute Gasteiger partial charge is 0.367 e. The van der Waals surface area contributed by atoms with Crippen LogP contribution in [0.25, 0.3) is 0 Å². The number of hydrogen-bond acceptors (Lipinski definition) is 3. The van der Waals surface area contributed by atoms with Crippen LogP contribution in [0.4, 0.5) is 0 Å². The van der Waals surface area contributed by atoms with Crippen molar-refractivity contribution in [2.45, 2.75) is 25.9 Å². The van der Waals surface area contributed by atoms with Crippen LogP contribution < -0.4 is 0 Å². The zero-order chi connectivity index (χ0) is 15.1. The highest BCUT2D eigenvalue weighted by Crippen LogP contribution is 2.19. The van der Waals surface area contributed by atoms with E-state index in [-0.39, 0.29) is 5.91 Å². The van der Waals surface area contributed by atoms with E-state index in [1.54, 1.807) is 7.11 Å². The number of nitrogens with zero attached hydrogens (tertiary/aromatic N) is 2. The summed E-state index contributed by atoms with van der Waals surface area (Å²) < 4.78 is 5.45. The summed E-state index contributed by atoms with van der Waals surface area (Å²) >= 11 is 0. The Morgan fingerprint density at radius 1 is 1.29 bits per heavy atom. The van der Waals surface area contributed by atoms with Gasteiger partial charge in [0.15, 0.2) is 6.10 Å². The molecule has 0 N–H and O–H groups in total. The first-order chi connectivity index (χ1) is 10.3. The molecule has 4 nitrogen and oxygen atoms in total. The molecule has 0 saturated carbocycles. The molecule has 21 heavy (non-hydrogen) atoms. The number of methoxy groups -OCH3 is 1. The molecule has 116 valence electrons. The van der Waals surface area contributed by atoms with Crippen molar-refractivity contribution < 1.29 is 9.53 Å². The first kappa shape index (κ1) is 16.0. The van der Waals surface area contributed by atoms with Crippen LogP contribution in [-0.4, -0.2) is 55.5 Å². The van der Waals surface area contributed by atoms with Crippen LogP contribution in [0.5, 0.6) is 0 Å². The first-order valence-corrected chi connectivity index (χ1v) is 7.85. The van der Waals surface area contributed by atoms with Crippen LogP contribution in [0, 0.1) is 0 Å². The third kappa shape index (κ3) is 4.29. The Balaban J connectivity index is 1.96. The number of hydrogen-bond donors (Lipinski definition) is 0. The molecule has 0 aromatic heterocycles. The lowest BCUT2D eigenvalue weighted by atomic mass is 10.1. The Kier molecular flexibility index (Phi) is 6.21. The average molecular weight is 290 g/mol. The molecule has 4 heteroatoms. The molecule has 1 saturated heterocycles. The normalized spacial score (nSPS) is 16.9. The van der Waals surface area contributed by atoms with Gasteiger partial charge in [-0.3, -0.25) is 4.79 Å². The van der Waals surface area contributed by atoms with Crippen LogP contribution in [0.1, 0.15) is 31.4 Å². The highest BCUT2D eigenvalue weighted by Gasteiger charge is 2.25. The van der Waals surface area contributed by atoms with Gasteiger partial charge >= 0.3 is 0 Å². The van der Waals surface area contributed by atoms with Crippen molar-refractivity contribution in [3.63, 3.8) is 0 Å². The Labute approximate surface area is 127 Å². The van der Waals surface area contributed by atoms with Crippen molar-refractivity contribution in [3.8, 4) is 0 Å². The molecular weight excluding hydrogens is 264 g/mol. The van der Waals surface area contributed by atoms with Gasteiger partial charge < -0.3 is 14.5 Å². The molecule has 1 aliphatic heterocycles. The van der Waals surface area contributed by atoms with Gasteiger partial charge in [0.05, 0.1) is 0 Å². The number of carbonyl (C=O) groups is 1. The molecule has 0 spiro atoms. The van der Waals surface area contributed by atoms with Gasteiger partial charge in [-0.15, -0.1) is 0 Å². The molecule has 1 aromatic carbocycles. The van der Waals surface area contributed by atoms with E-state index in [0.29, 0.717) is 0 Å². The van der Waals surface area contributed by atoms with Crippen LogP contribution in [-0.2, 0) is 9.53 Å². The number of ether oxygens (including phenoxy) is 1. The van der Waals surface area contributed by atoms with Crippen molar-refractivity contribution in [2.24, 2.45) is 0 Å². The van der Waals surface area contributed by atoms with Gasteiger partial charge in [-0.25, -0.2) is 0 Å². The number of likely N-dealkylation sites (tertiary alicyclic amines) is 1. The van der Waals surface area contributed by atoms with Gasteiger partial charge in [-0.05, 0) is 38.4 Å². The van der Waals surface area contributed by atoms with Crippen molar-refractivity contribution in [3.05, 3.63) is 35.9 Å². The summed E-state index contributed by atoms with van der Waals surface area (Å²) in [5.41, 5.74) is 0.921. The van der Waals surface area contributed by atoms with Crippen LogP contribution >= 0.6 is 0 Å². The van der Waals surface area contributed by atoms with E-state index in [0.717, 1.165) is 38.3 Å². The SMILES string of the molecule is CCN(CCN1CCCC1)C(=O)[C@H](OC)c1ccccc1. The lowest BCUT2D eigenvalue weighted by Crippen LogP contribution is -2.40. The molecule has 1 atom stereocenters. The monoisotopic (exact) mass is 290 g/mol. The third-order valence-corrected chi connectivity index (χ3v) is 4.14. The molecule has 1 amide bonds. The minimum Gasteiger partial charge on any atom is -0.367 e. The molecule has 0 aliphatic carbocycles. The quantitative estimate of drug-likeness (QED) is 0.772. The van der Waals surface area contributed by atoms with Gasteiger partial charge in [-0.1, -0.05) is 30.3 Å². The summed E-state index contributed by atoms with van der Waals surface area (Å²) in [4.78, 5) is 17.0. The fourth-order valence-electron chi connectivity index (χ4n) is 2.87. The van der Waals surface area contributed by atoms with Crippen molar-refractivity contribution >= 4 is 5.91 Å². The van der Waals surface area contributed by atoms with Crippen LogP contribution in [0.15, 0.2) is 30.3 Å². The van der Waals surface area contributed by atoms with Crippen LogP contribution in [0.3, 0.4) is 0 Å². The van der Waals surface area contributed by atoms with E-state index in [9.17, 15) is 4.79 Å². The summed E-state index contributed by atoms with van der Waals surface area (Å²) in [5.74, 6) is 0.0606. The molecule has 0 bridgehead atoms. The van der Waals surface area contributed by atoms with Gasteiger partial charge in [0.1, 0.15) is 0 Å². The maximum Gasteiger partial charge on any atom is 0.256 e. The molecule has 0 unspecified atom stereocenters. The summed E-state index contributed by atoms with van der Waals surface area (Å²) in [6.45, 7) is 6.82. The summed E-state index contributed by atoms with van der Waals surface area (Å²) in [5, 5.41) is 0. The average Bonchev–Trinajstić information content (AvgIpc) is 3.03. The third-order valence-electron chi connectivity index (χ3n) is 4.14. The molecule has 2 rings (SSSR count). The standard InChI is InChI=1S/C17H26N2O2/c1-3-19(14-13-18-11-7-8-12-18)17(20)16(21-2)15-9-5-4-6-10-15/h4-6,9-10,16H,3,7-8,11-14H2,1-2H3/t16-/m1/s1. The number of likely N-dealkylation sites (N-methyl/N-ethyl adjacent to an activating group) is 1. The van der Waals surface area contributed by atoms with Crippen molar-refractivity contribution in [1.29, 1.82) is 0 Å². The lowest BCUT2D eigenvalue weighted by Gasteiger charge is -2.27. The second kappa shape index (κ2) is 8.15. The Hall–Kier alpha value is -1.39. The summed E-state index contributed by atoms with van der Waals surface area (Å²) in [6.07, 6.45) is 2.07. The number of amides is 1. The number of carbonyl (C=O) groups excluding carboxylic acids is 1. The minimum atomic E-state index is -0.496. The smallest absolute Gasteiger partial charge is 0.256 e. The van der Waals surface area contributed by atoms with E-state index in [1.165, 1.54) is 12.8 Å². The summed E-state index contributed by atoms with van der Waals surface area (Å²) in [6, 6.07) is 9.72. The van der Waals surface area contributed by atoms with Gasteiger partial charge in [0.25, 0.3) is 5.91 Å². The number of benzene rings is 1. The lowest BCUT2D eigenvalue weighted by molar-refractivity contribution is -0.142. The maximum absolute atomic E-state index is 12.7. The second-order valence-electron chi connectivity index (χ2n) is 5.49. The molecular formula is C17H26N2O2. The zero-order valence-corrected chi connectivity index (χ0v) is 13.1. The fourth-order valence-corrected chi connectivity index (χ4v) is 2.87. The molecule has 1 aromatic rings. The Morgan fingerprint density at radius 2 is 1.95 bits per heavy atom. The van der Waals surface area contributed by atoms with E-state index < -0.39 is 6.10 Å². The van der Waals surface area contributed by atoms with Gasteiger partial charge in [0.2, 0.25) is 0 Å². The molecule has 1 fully saturated rings. The minimum absolute atomic E-state index is 0.0606. The Bertz CT molecular complexity index is 430. The fraction of sp³-hybridized carbons (Fsp3) is 0.588. The topological polar surface area (TPSA) is 32.8 Å². The number of rotatable bonds is 7.